The molecule has 0 radical (unpaired) electrons. The number of aromatic nitrogens is 9. The molecule has 0 fully saturated rings. The molecule has 0 aromatic carbocycles. The molecular formula is C72H84ClN17O6. The summed E-state index contributed by atoms with van der Waals surface area (Å²) in [5.74, 6) is 2.47. The second-order valence-corrected chi connectivity index (χ2v) is 28.6. The highest BCUT2D eigenvalue weighted by molar-refractivity contribution is 6.30. The number of methoxy groups -OCH3 is 3. The molecule has 0 saturated heterocycles. The van der Waals surface area contributed by atoms with E-state index >= 15 is 0 Å². The highest BCUT2D eigenvalue weighted by Crippen LogP contribution is 2.40. The van der Waals surface area contributed by atoms with Crippen LogP contribution in [-0.2, 0) is 48.7 Å². The molecule has 9 heterocycles. The summed E-state index contributed by atoms with van der Waals surface area (Å²) < 4.78 is 16.0. The van der Waals surface area contributed by atoms with Gasteiger partial charge in [0.05, 0.1) is 65.6 Å². The summed E-state index contributed by atoms with van der Waals surface area (Å²) in [5, 5.41) is 13.1. The molecule has 96 heavy (non-hydrogen) atoms. The van der Waals surface area contributed by atoms with E-state index in [0.717, 1.165) is 125 Å². The number of hydrogen-bond acceptors (Lipinski definition) is 19. The van der Waals surface area contributed by atoms with E-state index in [1.54, 1.807) is 69.6 Å². The molecule has 0 bridgehead atoms. The summed E-state index contributed by atoms with van der Waals surface area (Å²) in [5.41, 5.74) is 38.3. The van der Waals surface area contributed by atoms with Gasteiger partial charge in [-0.15, -0.1) is 0 Å². The minimum Gasteiger partial charge on any atom is -0.481 e. The van der Waals surface area contributed by atoms with Crippen LogP contribution in [0.5, 0.6) is 17.6 Å². The smallest absolute Gasteiger partial charge is 0.222 e. The molecule has 0 spiro atoms. The molecule has 0 atom stereocenters. The Morgan fingerprint density at radius 2 is 0.823 bits per heavy atom. The third kappa shape index (κ3) is 16.3. The van der Waals surface area contributed by atoms with Crippen LogP contribution in [0.25, 0.3) is 53.2 Å². The van der Waals surface area contributed by atoms with E-state index in [9.17, 15) is 14.4 Å². The normalized spacial score (nSPS) is 15.0. The van der Waals surface area contributed by atoms with Gasteiger partial charge >= 0.3 is 0 Å². The zero-order valence-corrected chi connectivity index (χ0v) is 57.3. The van der Waals surface area contributed by atoms with Crippen LogP contribution in [0.1, 0.15) is 197 Å². The van der Waals surface area contributed by atoms with Crippen LogP contribution in [0.15, 0.2) is 102 Å². The molecule has 0 aliphatic heterocycles. The summed E-state index contributed by atoms with van der Waals surface area (Å²) in [4.78, 5) is 82.5. The number of nitrogens with zero attached hydrogens (tertiary/aromatic N) is 15. The van der Waals surface area contributed by atoms with E-state index in [4.69, 9.17) is 58.3 Å². The molecule has 500 valence electrons. The molecule has 4 N–H and O–H groups in total. The lowest BCUT2D eigenvalue weighted by Gasteiger charge is -2.29. The van der Waals surface area contributed by atoms with Gasteiger partial charge < -0.3 is 25.7 Å². The average molecular weight is 1320 g/mol. The second-order valence-electron chi connectivity index (χ2n) is 28.3. The number of ether oxygens (including phenoxy) is 3. The number of nitrogens with two attached hydrogens (primary N) is 2. The van der Waals surface area contributed by atoms with Gasteiger partial charge in [-0.3, -0.25) is 34.3 Å². The van der Waals surface area contributed by atoms with Crippen LogP contribution in [0.4, 0.5) is 5.82 Å². The van der Waals surface area contributed by atoms with Gasteiger partial charge in [0.25, 0.3) is 0 Å². The van der Waals surface area contributed by atoms with Crippen LogP contribution in [0.2, 0.25) is 5.15 Å². The number of pyridine rings is 9. The number of rotatable bonds is 12. The zero-order chi connectivity index (χ0) is 69.2. The van der Waals surface area contributed by atoms with Crippen LogP contribution in [0, 0.1) is 16.2 Å². The molecule has 9 aromatic heterocycles. The lowest BCUT2D eigenvalue weighted by atomic mass is 9.75. The van der Waals surface area contributed by atoms with Crippen molar-refractivity contribution in [2.45, 2.75) is 158 Å². The Hall–Kier alpha value is -9.79. The molecule has 23 nitrogen and oxygen atoms in total. The first-order valence-corrected chi connectivity index (χ1v) is 31.4. The van der Waals surface area contributed by atoms with E-state index in [1.807, 2.05) is 77.9 Å². The summed E-state index contributed by atoms with van der Waals surface area (Å²) in [6.07, 6.45) is 15.4. The molecule has 12 rings (SSSR count). The fraction of sp³-hybridized carbons (Fsp3) is 0.417. The topological polar surface area (TPSA) is 344 Å². The van der Waals surface area contributed by atoms with Crippen LogP contribution < -0.4 is 25.7 Å². The summed E-state index contributed by atoms with van der Waals surface area (Å²) >= 11 is 5.94. The first kappa shape index (κ1) is 72.0. The lowest BCUT2D eigenvalue weighted by molar-refractivity contribution is 0.0900. The lowest BCUT2D eigenvalue weighted by Crippen LogP contribution is -2.29. The molecule has 24 heteroatoms. The monoisotopic (exact) mass is 1320 g/mol. The second kappa shape index (κ2) is 28.3. The van der Waals surface area contributed by atoms with Crippen molar-refractivity contribution in [2.24, 2.45) is 32.2 Å². The molecule has 0 unspecified atom stereocenters. The van der Waals surface area contributed by atoms with Crippen molar-refractivity contribution in [3.63, 3.8) is 0 Å². The first-order valence-electron chi connectivity index (χ1n) is 31.0. The molecule has 3 aliphatic rings. The van der Waals surface area contributed by atoms with Gasteiger partial charge in [0.1, 0.15) is 11.0 Å². The van der Waals surface area contributed by atoms with Gasteiger partial charge in [0.2, 0.25) is 17.6 Å². The maximum Gasteiger partial charge on any atom is 0.222 e. The van der Waals surface area contributed by atoms with Crippen molar-refractivity contribution < 1.29 is 28.6 Å². The highest BCUT2D eigenvalue weighted by Gasteiger charge is 2.35. The number of carbonyl (C=O) groups is 3. The van der Waals surface area contributed by atoms with Gasteiger partial charge in [-0.05, 0) is 148 Å². The molecule has 9 aromatic rings. The number of fused-ring (bicyclic) bond motifs is 6. The first-order chi connectivity index (χ1) is 44.7. The quantitative estimate of drug-likeness (QED) is 0.0496. The number of anilines is 1. The van der Waals surface area contributed by atoms with Gasteiger partial charge in [-0.25, -0.2) is 24.9 Å². The number of carbonyl (C=O) groups excluding carboxylic acids is 3. The molecule has 0 amide bonds. The van der Waals surface area contributed by atoms with Crippen molar-refractivity contribution in [3.8, 4) is 17.6 Å². The Balaban J connectivity index is 0.000000170. The Morgan fingerprint density at radius 1 is 0.479 bits per heavy atom. The van der Waals surface area contributed by atoms with Crippen LogP contribution >= 0.6 is 11.6 Å². The fourth-order valence-corrected chi connectivity index (χ4v) is 12.5. The Bertz CT molecular complexity index is 4610. The third-order valence-electron chi connectivity index (χ3n) is 17.0. The minimum atomic E-state index is -0.791. The van der Waals surface area contributed by atoms with E-state index in [2.05, 4.69) is 96.5 Å². The SMILES string of the molecule is C.CC1(C)CC(=O)c2ccc(N)nc2C1.COc1ncc(C(C)(C)N)c2cc(Cc3ccc4c(n3)CC(C)(C)CC4=O)ncc12.COc1ncc(C(C)(C)N=[N+]=[N-])c2cc(Cc3ccc4c(n3)CC(C)(C)CC4=O)ncc12.COc1ncc(C(C)(C)N=[N+]=[N-])c2cc(Cl)ncc12. The van der Waals surface area contributed by atoms with Crippen LogP contribution in [-0.4, -0.2) is 83.5 Å². The van der Waals surface area contributed by atoms with Crippen molar-refractivity contribution >= 4 is 67.1 Å². The number of hydrogen-bond donors (Lipinski definition) is 2. The largest absolute Gasteiger partial charge is 0.481 e. The number of Topliss-reactive ketones (excluding diaryl/α,β-unsaturated/α-hetero) is 3. The fourth-order valence-electron chi connectivity index (χ4n) is 12.4. The summed E-state index contributed by atoms with van der Waals surface area (Å²) in [6, 6.07) is 16.8. The molecular weight excluding hydrogens is 1230 g/mol. The molecule has 0 saturated carbocycles. The van der Waals surface area contributed by atoms with Crippen molar-refractivity contribution in [1.82, 2.24) is 44.9 Å². The number of ketones is 3. The number of halogens is 1. The predicted molar refractivity (Wildman–Crippen MR) is 374 cm³/mol. The number of azide groups is 2. The third-order valence-corrected chi connectivity index (χ3v) is 17.2. The van der Waals surface area contributed by atoms with Crippen LogP contribution in [0.3, 0.4) is 0 Å². The molecule has 3 aliphatic carbocycles. The Labute approximate surface area is 564 Å². The van der Waals surface area contributed by atoms with Gasteiger partial charge in [0.15, 0.2) is 17.3 Å². The van der Waals surface area contributed by atoms with E-state index in [0.29, 0.717) is 60.7 Å². The van der Waals surface area contributed by atoms with Gasteiger partial charge in [-0.2, -0.15) is 0 Å². The van der Waals surface area contributed by atoms with E-state index < -0.39 is 16.6 Å². The van der Waals surface area contributed by atoms with E-state index in [1.165, 1.54) is 7.11 Å². The zero-order valence-electron chi connectivity index (χ0n) is 56.5. The Morgan fingerprint density at radius 3 is 1.20 bits per heavy atom. The maximum atomic E-state index is 12.5. The average Bonchev–Trinajstić information content (AvgIpc) is 0.783. The Kier molecular flexibility index (Phi) is 21.2. The van der Waals surface area contributed by atoms with Gasteiger partial charge in [-0.1, -0.05) is 98.5 Å². The van der Waals surface area contributed by atoms with E-state index in [-0.39, 0.29) is 41.0 Å². The van der Waals surface area contributed by atoms with Crippen molar-refractivity contribution in [1.29, 1.82) is 0 Å². The number of nitrogen functional groups attached to an aromatic ring is 1. The van der Waals surface area contributed by atoms with Crippen molar-refractivity contribution in [2.75, 3.05) is 27.1 Å². The van der Waals surface area contributed by atoms with Crippen molar-refractivity contribution in [3.05, 3.63) is 191 Å². The highest BCUT2D eigenvalue weighted by atomic mass is 35.5. The summed E-state index contributed by atoms with van der Waals surface area (Å²) in [6.45, 7) is 23.8. The maximum absolute atomic E-state index is 12.5. The standard InChI is InChI=1S/C24H26N6O2.C24H28N4O2.C12H12ClN5O.C11H14N2O.CH4/c1-23(2)10-20-16(21(31)11-23)7-6-14(28-20)8-15-9-17-18(12-26-15)22(32-5)27-13-19(17)24(3,4)29-30-25;1-23(2)10-20-16(21(29)11-23)7-6-14(28-20)8-15-9-17-18(12-26-15)22(30-5)27-13-19(17)24(3,4)25;1-12(2,17-18-14)9-6-16-11(19-3)8-5-15-10(13)4-7(8)9;1-11(2)5-8-7(9(14)6-11)3-4-10(12)13-8;/h6-7,9,12-13H,8,10-11H2,1-5H3;6-7,9,12-13H,8,10-11,25H2,1-5H3;4-6H,1-3H3;3-4H,5-6H2,1-2H3,(H2,12,13);1H4. The van der Waals surface area contributed by atoms with Gasteiger partial charge in [0, 0.05) is 124 Å². The minimum absolute atomic E-state index is 0. The summed E-state index contributed by atoms with van der Waals surface area (Å²) in [7, 11) is 4.70. The predicted octanol–water partition coefficient (Wildman–Crippen LogP) is 15.6.